The molecule has 0 saturated heterocycles. The third-order valence-corrected chi connectivity index (χ3v) is 3.59. The Morgan fingerprint density at radius 1 is 0.640 bits per heavy atom. The van der Waals surface area contributed by atoms with E-state index in [2.05, 4.69) is 61.5 Å². The van der Waals surface area contributed by atoms with Gasteiger partial charge in [0.25, 0.3) is 0 Å². The lowest BCUT2D eigenvalue weighted by molar-refractivity contribution is 1.08. The van der Waals surface area contributed by atoms with Crippen LogP contribution in [0.15, 0.2) is 54.6 Å². The van der Waals surface area contributed by atoms with Gasteiger partial charge in [-0.1, -0.05) is 110 Å². The molecule has 0 heteroatoms. The lowest BCUT2D eigenvalue weighted by Gasteiger charge is -2.19. The number of hydrogen-bond acceptors (Lipinski definition) is 0. The first-order valence-corrected chi connectivity index (χ1v) is 10.2. The van der Waals surface area contributed by atoms with Gasteiger partial charge in [-0.2, -0.15) is 0 Å². The first kappa shape index (κ1) is 25.4. The van der Waals surface area contributed by atoms with Crippen molar-refractivity contribution in [2.24, 2.45) is 0 Å². The second kappa shape index (κ2) is 17.0. The molecule has 0 bridgehead atoms. The van der Waals surface area contributed by atoms with Crippen molar-refractivity contribution in [2.75, 3.05) is 0 Å². The molecule has 0 heterocycles. The zero-order chi connectivity index (χ0) is 19.7. The third-order valence-electron chi connectivity index (χ3n) is 3.59. The number of hydrogen-bond donors (Lipinski definition) is 0. The fourth-order valence-corrected chi connectivity index (χ4v) is 2.60. The maximum Gasteiger partial charge on any atom is -0.00199 e. The van der Waals surface area contributed by atoms with E-state index in [1.165, 1.54) is 27.8 Å². The van der Waals surface area contributed by atoms with Crippen molar-refractivity contribution in [3.63, 3.8) is 0 Å². The zero-order valence-electron chi connectivity index (χ0n) is 18.1. The van der Waals surface area contributed by atoms with Gasteiger partial charge in [-0.3, -0.25) is 0 Å². The third kappa shape index (κ3) is 8.20. The number of fused-ring (bicyclic) bond motifs is 1. The monoisotopic (exact) mass is 340 g/mol. The van der Waals surface area contributed by atoms with Crippen LogP contribution in [0.1, 0.15) is 77.6 Å². The predicted molar refractivity (Wildman–Crippen MR) is 118 cm³/mol. The highest BCUT2D eigenvalue weighted by Crippen LogP contribution is 2.28. The fourth-order valence-electron chi connectivity index (χ4n) is 2.60. The highest BCUT2D eigenvalue weighted by molar-refractivity contribution is 5.70. The second-order valence-electron chi connectivity index (χ2n) is 4.69. The minimum atomic E-state index is 1.07. The predicted octanol–water partition coefficient (Wildman–Crippen LogP) is 8.28. The summed E-state index contributed by atoms with van der Waals surface area (Å²) in [7, 11) is 0. The van der Waals surface area contributed by atoms with Crippen molar-refractivity contribution < 1.29 is 0 Å². The molecular formula is C25H40. The first-order valence-electron chi connectivity index (χ1n) is 10.2. The summed E-state index contributed by atoms with van der Waals surface area (Å²) in [5.74, 6) is 0. The molecule has 25 heavy (non-hydrogen) atoms. The Morgan fingerprint density at radius 3 is 1.76 bits per heavy atom. The van der Waals surface area contributed by atoms with Crippen LogP contribution in [0.4, 0.5) is 0 Å². The molecule has 0 spiro atoms. The van der Waals surface area contributed by atoms with Gasteiger partial charge in [0.2, 0.25) is 0 Å². The van der Waals surface area contributed by atoms with Crippen LogP contribution in [-0.4, -0.2) is 0 Å². The molecule has 0 fully saturated rings. The van der Waals surface area contributed by atoms with E-state index >= 15 is 0 Å². The summed E-state index contributed by atoms with van der Waals surface area (Å²) in [6.45, 7) is 18.2. The average molecular weight is 341 g/mol. The standard InChI is InChI=1S/C17H16.4C2H6/c1-13-6-5-9-16-12-15(10-11-17(13)16)14-7-3-2-4-8-14;4*1-2/h2-10H,11-12H2,1H3;4*1-2H3. The van der Waals surface area contributed by atoms with Gasteiger partial charge in [0.15, 0.2) is 0 Å². The quantitative estimate of drug-likeness (QED) is 0.490. The summed E-state index contributed by atoms with van der Waals surface area (Å²) < 4.78 is 0. The number of benzene rings is 2. The van der Waals surface area contributed by atoms with E-state index in [4.69, 9.17) is 0 Å². The molecule has 0 radical (unpaired) electrons. The molecule has 2 aromatic rings. The molecule has 140 valence electrons. The summed E-state index contributed by atoms with van der Waals surface area (Å²) >= 11 is 0. The smallest absolute Gasteiger partial charge is 0.00199 e. The normalized spacial score (nSPS) is 10.5. The van der Waals surface area contributed by atoms with Gasteiger partial charge in [0.1, 0.15) is 0 Å². The van der Waals surface area contributed by atoms with Crippen molar-refractivity contribution in [1.82, 2.24) is 0 Å². The van der Waals surface area contributed by atoms with Crippen LogP contribution in [0.2, 0.25) is 0 Å². The van der Waals surface area contributed by atoms with Gasteiger partial charge in [-0.25, -0.2) is 0 Å². The lowest BCUT2D eigenvalue weighted by atomic mass is 9.86. The molecule has 3 rings (SSSR count). The largest absolute Gasteiger partial charge is 0.0760 e. The van der Waals surface area contributed by atoms with Gasteiger partial charge in [-0.05, 0) is 47.6 Å². The van der Waals surface area contributed by atoms with Crippen molar-refractivity contribution in [3.05, 3.63) is 76.9 Å². The topological polar surface area (TPSA) is 0 Å². The van der Waals surface area contributed by atoms with Crippen LogP contribution in [0.3, 0.4) is 0 Å². The fraction of sp³-hybridized carbons (Fsp3) is 0.440. The maximum absolute atomic E-state index is 2.38. The van der Waals surface area contributed by atoms with Gasteiger partial charge >= 0.3 is 0 Å². The molecule has 0 aliphatic heterocycles. The molecule has 0 amide bonds. The Bertz CT molecular complexity index is 562. The second-order valence-corrected chi connectivity index (χ2v) is 4.69. The van der Waals surface area contributed by atoms with Crippen LogP contribution >= 0.6 is 0 Å². The van der Waals surface area contributed by atoms with Crippen LogP contribution in [0.25, 0.3) is 5.57 Å². The highest BCUT2D eigenvalue weighted by Gasteiger charge is 2.13. The Balaban J connectivity index is 0. The zero-order valence-corrected chi connectivity index (χ0v) is 18.1. The minimum Gasteiger partial charge on any atom is -0.0760 e. The average Bonchev–Trinajstić information content (AvgIpc) is 2.74. The summed E-state index contributed by atoms with van der Waals surface area (Å²) in [5, 5.41) is 0. The van der Waals surface area contributed by atoms with E-state index in [-0.39, 0.29) is 0 Å². The Hall–Kier alpha value is -1.82. The number of allylic oxidation sites excluding steroid dienone is 2. The SMILES string of the molecule is CC.CC.CC.CC.Cc1cccc2c1CC=C(c1ccccc1)C2. The Morgan fingerprint density at radius 2 is 1.20 bits per heavy atom. The molecule has 0 atom stereocenters. The summed E-state index contributed by atoms with van der Waals surface area (Å²) in [6.07, 6.45) is 4.53. The molecule has 0 aromatic heterocycles. The van der Waals surface area contributed by atoms with Gasteiger partial charge in [0.05, 0.1) is 0 Å². The summed E-state index contributed by atoms with van der Waals surface area (Å²) in [5.41, 5.74) is 7.26. The van der Waals surface area contributed by atoms with E-state index in [0.29, 0.717) is 0 Å². The Labute approximate surface area is 158 Å². The highest BCUT2D eigenvalue weighted by atomic mass is 14.2. The van der Waals surface area contributed by atoms with Crippen molar-refractivity contribution in [3.8, 4) is 0 Å². The van der Waals surface area contributed by atoms with E-state index in [1.54, 1.807) is 0 Å². The molecule has 2 aromatic carbocycles. The molecular weight excluding hydrogens is 300 g/mol. The minimum absolute atomic E-state index is 1.07. The Kier molecular flexibility index (Phi) is 17.3. The maximum atomic E-state index is 2.38. The number of rotatable bonds is 1. The number of aryl methyl sites for hydroxylation is 1. The molecule has 0 unspecified atom stereocenters. The van der Waals surface area contributed by atoms with Crippen LogP contribution in [0.5, 0.6) is 0 Å². The molecule has 0 saturated carbocycles. The van der Waals surface area contributed by atoms with Gasteiger partial charge in [-0.15, -0.1) is 0 Å². The summed E-state index contributed by atoms with van der Waals surface area (Å²) in [4.78, 5) is 0. The van der Waals surface area contributed by atoms with Gasteiger partial charge in [0, 0.05) is 0 Å². The van der Waals surface area contributed by atoms with Crippen LogP contribution < -0.4 is 0 Å². The van der Waals surface area contributed by atoms with Crippen molar-refractivity contribution >= 4 is 5.57 Å². The van der Waals surface area contributed by atoms with E-state index < -0.39 is 0 Å². The molecule has 1 aliphatic rings. The van der Waals surface area contributed by atoms with E-state index in [0.717, 1.165) is 12.8 Å². The molecule has 0 N–H and O–H groups in total. The van der Waals surface area contributed by atoms with Crippen molar-refractivity contribution in [2.45, 2.75) is 75.2 Å². The lowest BCUT2D eigenvalue weighted by Crippen LogP contribution is -2.04. The van der Waals surface area contributed by atoms with Crippen LogP contribution in [0, 0.1) is 6.92 Å². The van der Waals surface area contributed by atoms with Gasteiger partial charge < -0.3 is 0 Å². The van der Waals surface area contributed by atoms with E-state index in [1.807, 2.05) is 55.4 Å². The molecule has 0 nitrogen and oxygen atoms in total. The van der Waals surface area contributed by atoms with E-state index in [9.17, 15) is 0 Å². The molecule has 1 aliphatic carbocycles. The summed E-state index contributed by atoms with van der Waals surface area (Å²) in [6, 6.07) is 17.3. The van der Waals surface area contributed by atoms with Crippen molar-refractivity contribution in [1.29, 1.82) is 0 Å². The first-order chi connectivity index (χ1) is 12.3. The van der Waals surface area contributed by atoms with Crippen LogP contribution in [-0.2, 0) is 12.8 Å².